The van der Waals surface area contributed by atoms with E-state index in [1.807, 2.05) is 6.07 Å². The lowest BCUT2D eigenvalue weighted by Gasteiger charge is -2.44. The van der Waals surface area contributed by atoms with Gasteiger partial charge >= 0.3 is 0 Å². The van der Waals surface area contributed by atoms with Crippen LogP contribution >= 0.6 is 0 Å². The van der Waals surface area contributed by atoms with E-state index in [9.17, 15) is 4.79 Å². The van der Waals surface area contributed by atoms with Gasteiger partial charge in [0, 0.05) is 34.7 Å². The molecule has 0 spiro atoms. The van der Waals surface area contributed by atoms with E-state index in [0.29, 0.717) is 12.0 Å². The second-order valence-corrected chi connectivity index (χ2v) is 9.11. The van der Waals surface area contributed by atoms with E-state index in [0.717, 1.165) is 24.9 Å². The number of fused-ring (bicyclic) bond motifs is 4. The summed E-state index contributed by atoms with van der Waals surface area (Å²) in [6.07, 6.45) is 12.7. The van der Waals surface area contributed by atoms with E-state index >= 15 is 0 Å². The van der Waals surface area contributed by atoms with Crippen LogP contribution in [0, 0.1) is 5.92 Å². The maximum absolute atomic E-state index is 12.9. The molecule has 1 aliphatic carbocycles. The summed E-state index contributed by atoms with van der Waals surface area (Å²) in [7, 11) is 0. The van der Waals surface area contributed by atoms with Crippen LogP contribution in [0.3, 0.4) is 0 Å². The quantitative estimate of drug-likeness (QED) is 0.775. The van der Waals surface area contributed by atoms with Crippen LogP contribution in [-0.2, 0) is 12.8 Å². The molecule has 3 heterocycles. The van der Waals surface area contributed by atoms with Gasteiger partial charge in [0.05, 0.1) is 0 Å². The number of piperidine rings is 2. The average Bonchev–Trinajstić information content (AvgIpc) is 2.91. The standard InChI is InChI=1S/C24H33N3O/c28-24(25-16-18-7-6-14-27-13-5-4-10-23(18)27)17-11-12-22-20(15-17)19-8-2-1-3-9-21(19)26-22/h11-12,15,18,23,26H,1-10,13-14,16H2,(H,25,28)/t18-,23-/m0/s1. The molecule has 5 rings (SSSR count). The molecule has 2 fully saturated rings. The molecule has 150 valence electrons. The Kier molecular flexibility index (Phi) is 5.15. The molecule has 2 N–H and O–H groups in total. The van der Waals surface area contributed by atoms with Gasteiger partial charge in [-0.1, -0.05) is 12.8 Å². The molecule has 0 unspecified atom stereocenters. The zero-order chi connectivity index (χ0) is 18.9. The number of rotatable bonds is 3. The molecule has 4 heteroatoms. The predicted molar refractivity (Wildman–Crippen MR) is 114 cm³/mol. The molecule has 2 aliphatic heterocycles. The van der Waals surface area contributed by atoms with Crippen LogP contribution in [-0.4, -0.2) is 41.5 Å². The summed E-state index contributed by atoms with van der Waals surface area (Å²) in [5.74, 6) is 0.712. The first-order valence-corrected chi connectivity index (χ1v) is 11.5. The third-order valence-corrected chi connectivity index (χ3v) is 7.36. The van der Waals surface area contributed by atoms with E-state index < -0.39 is 0 Å². The first-order chi connectivity index (χ1) is 13.8. The summed E-state index contributed by atoms with van der Waals surface area (Å²) >= 11 is 0. The number of aromatic nitrogens is 1. The van der Waals surface area contributed by atoms with Gasteiger partial charge in [-0.2, -0.15) is 0 Å². The fourth-order valence-corrected chi connectivity index (χ4v) is 5.87. The molecule has 0 saturated carbocycles. The Morgan fingerprint density at radius 2 is 1.93 bits per heavy atom. The Hall–Kier alpha value is -1.81. The maximum atomic E-state index is 12.9. The average molecular weight is 380 g/mol. The van der Waals surface area contributed by atoms with Crippen molar-refractivity contribution in [2.45, 2.75) is 70.3 Å². The van der Waals surface area contributed by atoms with Gasteiger partial charge in [-0.05, 0) is 94.1 Å². The number of aromatic amines is 1. The van der Waals surface area contributed by atoms with Gasteiger partial charge < -0.3 is 15.2 Å². The Bertz CT molecular complexity index is 853. The molecule has 1 aromatic heterocycles. The smallest absolute Gasteiger partial charge is 0.251 e. The van der Waals surface area contributed by atoms with Crippen molar-refractivity contribution in [1.29, 1.82) is 0 Å². The Labute approximate surface area is 168 Å². The molecular weight excluding hydrogens is 346 g/mol. The van der Waals surface area contributed by atoms with Gasteiger partial charge in [0.15, 0.2) is 0 Å². The monoisotopic (exact) mass is 379 g/mol. The van der Waals surface area contributed by atoms with E-state index in [2.05, 4.69) is 27.3 Å². The lowest BCUT2D eigenvalue weighted by atomic mass is 9.83. The number of benzene rings is 1. The van der Waals surface area contributed by atoms with Crippen molar-refractivity contribution in [2.24, 2.45) is 5.92 Å². The Balaban J connectivity index is 1.30. The first kappa shape index (κ1) is 18.2. The van der Waals surface area contributed by atoms with Crippen LogP contribution in [0.4, 0.5) is 0 Å². The summed E-state index contributed by atoms with van der Waals surface area (Å²) < 4.78 is 0. The number of amides is 1. The van der Waals surface area contributed by atoms with Crippen molar-refractivity contribution in [3.05, 3.63) is 35.0 Å². The SMILES string of the molecule is O=C(NC[C@@H]1CCCN2CCCC[C@@H]12)c1ccc2[nH]c3c(c2c1)CCCCC3. The highest BCUT2D eigenvalue weighted by Gasteiger charge is 2.33. The highest BCUT2D eigenvalue weighted by Crippen LogP contribution is 2.31. The predicted octanol–water partition coefficient (Wildman–Crippen LogP) is 4.43. The van der Waals surface area contributed by atoms with Crippen molar-refractivity contribution >= 4 is 16.8 Å². The molecule has 2 atom stereocenters. The number of nitrogens with zero attached hydrogens (tertiary/aromatic N) is 1. The van der Waals surface area contributed by atoms with Gasteiger partial charge in [0.25, 0.3) is 5.91 Å². The van der Waals surface area contributed by atoms with Crippen LogP contribution in [0.5, 0.6) is 0 Å². The third kappa shape index (κ3) is 3.47. The number of carbonyl (C=O) groups is 1. The van der Waals surface area contributed by atoms with Gasteiger partial charge in [-0.25, -0.2) is 0 Å². The normalized spacial score (nSPS) is 25.7. The Morgan fingerprint density at radius 3 is 2.89 bits per heavy atom. The van der Waals surface area contributed by atoms with Gasteiger partial charge in [0.1, 0.15) is 0 Å². The van der Waals surface area contributed by atoms with Crippen LogP contribution in [0.1, 0.15) is 73.0 Å². The molecule has 2 aromatic rings. The van der Waals surface area contributed by atoms with Crippen molar-refractivity contribution in [3.8, 4) is 0 Å². The highest BCUT2D eigenvalue weighted by molar-refractivity contribution is 5.99. The molecule has 3 aliphatic rings. The zero-order valence-electron chi connectivity index (χ0n) is 16.9. The number of aryl methyl sites for hydroxylation is 2. The van der Waals surface area contributed by atoms with Gasteiger partial charge in [-0.3, -0.25) is 4.79 Å². The molecule has 2 saturated heterocycles. The summed E-state index contributed by atoms with van der Waals surface area (Å²) in [6, 6.07) is 6.90. The highest BCUT2D eigenvalue weighted by atomic mass is 16.1. The number of H-pyrrole nitrogens is 1. The van der Waals surface area contributed by atoms with Crippen LogP contribution < -0.4 is 5.32 Å². The number of nitrogens with one attached hydrogen (secondary N) is 2. The molecule has 28 heavy (non-hydrogen) atoms. The second kappa shape index (κ2) is 7.90. The van der Waals surface area contributed by atoms with Crippen LogP contribution in [0.15, 0.2) is 18.2 Å². The summed E-state index contributed by atoms with van der Waals surface area (Å²) in [5.41, 5.74) is 4.85. The summed E-state index contributed by atoms with van der Waals surface area (Å²) in [4.78, 5) is 19.2. The van der Waals surface area contributed by atoms with Crippen LogP contribution in [0.2, 0.25) is 0 Å². The molecule has 0 bridgehead atoms. The molecular formula is C24H33N3O. The lowest BCUT2D eigenvalue weighted by molar-refractivity contribution is 0.0575. The van der Waals surface area contributed by atoms with Gasteiger partial charge in [0.2, 0.25) is 0 Å². The summed E-state index contributed by atoms with van der Waals surface area (Å²) in [6.45, 7) is 3.33. The van der Waals surface area contributed by atoms with Crippen molar-refractivity contribution in [2.75, 3.05) is 19.6 Å². The topological polar surface area (TPSA) is 48.1 Å². The minimum absolute atomic E-state index is 0.0957. The van der Waals surface area contributed by atoms with E-state index in [1.165, 1.54) is 86.6 Å². The molecule has 4 nitrogen and oxygen atoms in total. The summed E-state index contributed by atoms with van der Waals surface area (Å²) in [5, 5.41) is 4.54. The largest absolute Gasteiger partial charge is 0.358 e. The number of hydrogen-bond donors (Lipinski definition) is 2. The molecule has 1 amide bonds. The fraction of sp³-hybridized carbons (Fsp3) is 0.625. The first-order valence-electron chi connectivity index (χ1n) is 11.5. The molecule has 1 aromatic carbocycles. The third-order valence-electron chi connectivity index (χ3n) is 7.36. The minimum atomic E-state index is 0.0957. The second-order valence-electron chi connectivity index (χ2n) is 9.11. The van der Waals surface area contributed by atoms with E-state index in [-0.39, 0.29) is 5.91 Å². The number of hydrogen-bond acceptors (Lipinski definition) is 2. The van der Waals surface area contributed by atoms with Gasteiger partial charge in [-0.15, -0.1) is 0 Å². The number of carbonyl (C=O) groups excluding carboxylic acids is 1. The van der Waals surface area contributed by atoms with Crippen molar-refractivity contribution in [3.63, 3.8) is 0 Å². The Morgan fingerprint density at radius 1 is 1.04 bits per heavy atom. The minimum Gasteiger partial charge on any atom is -0.358 e. The lowest BCUT2D eigenvalue weighted by Crippen LogP contribution is -2.51. The fourth-order valence-electron chi connectivity index (χ4n) is 5.87. The van der Waals surface area contributed by atoms with Crippen molar-refractivity contribution < 1.29 is 4.79 Å². The zero-order valence-corrected chi connectivity index (χ0v) is 16.9. The van der Waals surface area contributed by atoms with E-state index in [4.69, 9.17) is 0 Å². The van der Waals surface area contributed by atoms with E-state index in [1.54, 1.807) is 0 Å². The van der Waals surface area contributed by atoms with Crippen molar-refractivity contribution in [1.82, 2.24) is 15.2 Å². The molecule has 0 radical (unpaired) electrons. The maximum Gasteiger partial charge on any atom is 0.251 e. The van der Waals surface area contributed by atoms with Crippen LogP contribution in [0.25, 0.3) is 10.9 Å².